The van der Waals surface area contributed by atoms with Crippen molar-refractivity contribution in [2.75, 3.05) is 5.32 Å². The molecule has 1 aromatic heterocycles. The molecule has 0 saturated carbocycles. The number of hydrogen-bond acceptors (Lipinski definition) is 2. The molecule has 0 fully saturated rings. The second kappa shape index (κ2) is 5.53. The van der Waals surface area contributed by atoms with Gasteiger partial charge in [0.1, 0.15) is 0 Å². The molecule has 0 radical (unpaired) electrons. The fourth-order valence-corrected chi connectivity index (χ4v) is 2.67. The normalized spacial score (nSPS) is 10.4. The van der Waals surface area contributed by atoms with Crippen LogP contribution in [0.3, 0.4) is 0 Å². The highest BCUT2D eigenvalue weighted by molar-refractivity contribution is 9.10. The molecule has 2 nitrogen and oxygen atoms in total. The zero-order valence-corrected chi connectivity index (χ0v) is 12.5. The maximum atomic E-state index is 4.30. The van der Waals surface area contributed by atoms with Crippen molar-refractivity contribution in [1.29, 1.82) is 0 Å². The number of aryl methyl sites for hydroxylation is 3. The molecule has 2 rings (SSSR count). The predicted molar refractivity (Wildman–Crippen MR) is 79.9 cm³/mol. The first-order valence-electron chi connectivity index (χ1n) is 5.98. The first-order chi connectivity index (χ1) is 8.56. The first kappa shape index (κ1) is 13.1. The van der Waals surface area contributed by atoms with Gasteiger partial charge in [-0.25, -0.2) is 0 Å². The van der Waals surface area contributed by atoms with E-state index in [-0.39, 0.29) is 0 Å². The lowest BCUT2D eigenvalue weighted by molar-refractivity contribution is 1.08. The second-order valence-corrected chi connectivity index (χ2v) is 5.49. The van der Waals surface area contributed by atoms with Crippen LogP contribution in [0.2, 0.25) is 0 Å². The number of hydrogen-bond donors (Lipinski definition) is 1. The van der Waals surface area contributed by atoms with E-state index in [2.05, 4.69) is 58.3 Å². The summed E-state index contributed by atoms with van der Waals surface area (Å²) in [4.78, 5) is 4.30. The molecule has 3 heteroatoms. The molecule has 0 aliphatic carbocycles. The van der Waals surface area contributed by atoms with Gasteiger partial charge in [-0.05, 0) is 55.7 Å². The van der Waals surface area contributed by atoms with E-state index in [1.54, 1.807) is 0 Å². The standard InChI is InChI=1S/C15H17BrN2/c1-10-6-14(16)7-11(2)15(10)18-9-13-5-4-12(3)17-8-13/h4-8,18H,9H2,1-3H3. The Labute approximate surface area is 117 Å². The van der Waals surface area contributed by atoms with E-state index < -0.39 is 0 Å². The highest BCUT2D eigenvalue weighted by Gasteiger charge is 2.04. The van der Waals surface area contributed by atoms with Crippen LogP contribution in [0.4, 0.5) is 5.69 Å². The predicted octanol–water partition coefficient (Wildman–Crippen LogP) is 4.38. The molecule has 2 aromatic rings. The van der Waals surface area contributed by atoms with Crippen molar-refractivity contribution >= 4 is 21.6 Å². The quantitative estimate of drug-likeness (QED) is 0.910. The van der Waals surface area contributed by atoms with Crippen molar-refractivity contribution in [3.8, 4) is 0 Å². The van der Waals surface area contributed by atoms with Gasteiger partial charge in [0.25, 0.3) is 0 Å². The van der Waals surface area contributed by atoms with E-state index in [0.717, 1.165) is 16.7 Å². The summed E-state index contributed by atoms with van der Waals surface area (Å²) in [6, 6.07) is 8.41. The summed E-state index contributed by atoms with van der Waals surface area (Å²) in [5, 5.41) is 3.48. The minimum atomic E-state index is 0.802. The van der Waals surface area contributed by atoms with Gasteiger partial charge < -0.3 is 5.32 Å². The summed E-state index contributed by atoms with van der Waals surface area (Å²) < 4.78 is 1.13. The van der Waals surface area contributed by atoms with Crippen LogP contribution in [0.25, 0.3) is 0 Å². The summed E-state index contributed by atoms with van der Waals surface area (Å²) >= 11 is 3.51. The average Bonchev–Trinajstić information content (AvgIpc) is 2.30. The molecule has 1 aromatic carbocycles. The number of halogens is 1. The van der Waals surface area contributed by atoms with Crippen molar-refractivity contribution < 1.29 is 0 Å². The number of aromatic nitrogens is 1. The smallest absolute Gasteiger partial charge is 0.0416 e. The van der Waals surface area contributed by atoms with Crippen LogP contribution in [-0.2, 0) is 6.54 Å². The number of rotatable bonds is 3. The van der Waals surface area contributed by atoms with Crippen LogP contribution in [0.5, 0.6) is 0 Å². The molecule has 0 aliphatic rings. The van der Waals surface area contributed by atoms with E-state index in [4.69, 9.17) is 0 Å². The monoisotopic (exact) mass is 304 g/mol. The van der Waals surface area contributed by atoms with Crippen LogP contribution in [-0.4, -0.2) is 4.98 Å². The number of benzene rings is 1. The third-order valence-electron chi connectivity index (χ3n) is 2.94. The highest BCUT2D eigenvalue weighted by Crippen LogP contribution is 2.25. The molecule has 0 unspecified atom stereocenters. The lowest BCUT2D eigenvalue weighted by Gasteiger charge is -2.13. The molecule has 1 heterocycles. The van der Waals surface area contributed by atoms with Gasteiger partial charge in [0.05, 0.1) is 0 Å². The van der Waals surface area contributed by atoms with E-state index in [1.165, 1.54) is 22.4 Å². The van der Waals surface area contributed by atoms with Gasteiger partial charge in [-0.3, -0.25) is 4.98 Å². The zero-order valence-electron chi connectivity index (χ0n) is 10.9. The maximum Gasteiger partial charge on any atom is 0.0416 e. The van der Waals surface area contributed by atoms with Crippen molar-refractivity contribution in [3.05, 3.63) is 57.3 Å². The Hall–Kier alpha value is -1.35. The second-order valence-electron chi connectivity index (χ2n) is 4.58. The van der Waals surface area contributed by atoms with Crippen molar-refractivity contribution in [2.24, 2.45) is 0 Å². The largest absolute Gasteiger partial charge is 0.380 e. The highest BCUT2D eigenvalue weighted by atomic mass is 79.9. The van der Waals surface area contributed by atoms with E-state index in [9.17, 15) is 0 Å². The van der Waals surface area contributed by atoms with Gasteiger partial charge in [-0.1, -0.05) is 22.0 Å². The van der Waals surface area contributed by atoms with Gasteiger partial charge in [0, 0.05) is 28.6 Å². The SMILES string of the molecule is Cc1ccc(CNc2c(C)cc(Br)cc2C)cn1. The topological polar surface area (TPSA) is 24.9 Å². The van der Waals surface area contributed by atoms with Gasteiger partial charge >= 0.3 is 0 Å². The van der Waals surface area contributed by atoms with Crippen LogP contribution in [0, 0.1) is 20.8 Å². The van der Waals surface area contributed by atoms with Crippen molar-refractivity contribution in [2.45, 2.75) is 27.3 Å². The zero-order chi connectivity index (χ0) is 13.1. The van der Waals surface area contributed by atoms with Crippen molar-refractivity contribution in [3.63, 3.8) is 0 Å². The Morgan fingerprint density at radius 3 is 2.33 bits per heavy atom. The Bertz CT molecular complexity index is 524. The summed E-state index contributed by atoms with van der Waals surface area (Å²) in [6.07, 6.45) is 1.92. The van der Waals surface area contributed by atoms with E-state index in [1.807, 2.05) is 19.2 Å². The fraction of sp³-hybridized carbons (Fsp3) is 0.267. The third kappa shape index (κ3) is 3.10. The molecule has 18 heavy (non-hydrogen) atoms. The number of nitrogens with one attached hydrogen (secondary N) is 1. The number of anilines is 1. The van der Waals surface area contributed by atoms with Gasteiger partial charge in [-0.15, -0.1) is 0 Å². The Morgan fingerprint density at radius 2 is 1.78 bits per heavy atom. The van der Waals surface area contributed by atoms with Gasteiger partial charge in [0.15, 0.2) is 0 Å². The lowest BCUT2D eigenvalue weighted by atomic mass is 10.1. The molecule has 0 aliphatic heterocycles. The summed E-state index contributed by atoms with van der Waals surface area (Å²) in [5.41, 5.74) is 5.96. The number of pyridine rings is 1. The maximum absolute atomic E-state index is 4.30. The minimum Gasteiger partial charge on any atom is -0.380 e. The van der Waals surface area contributed by atoms with E-state index >= 15 is 0 Å². The minimum absolute atomic E-state index is 0.802. The van der Waals surface area contributed by atoms with Crippen LogP contribution in [0.1, 0.15) is 22.4 Å². The molecule has 0 spiro atoms. The summed E-state index contributed by atoms with van der Waals surface area (Å²) in [6.45, 7) is 7.04. The molecular weight excluding hydrogens is 288 g/mol. The third-order valence-corrected chi connectivity index (χ3v) is 3.40. The van der Waals surface area contributed by atoms with Gasteiger partial charge in [-0.2, -0.15) is 0 Å². The molecule has 1 N–H and O–H groups in total. The Morgan fingerprint density at radius 1 is 1.11 bits per heavy atom. The van der Waals surface area contributed by atoms with Crippen LogP contribution >= 0.6 is 15.9 Å². The van der Waals surface area contributed by atoms with Crippen LogP contribution < -0.4 is 5.32 Å². The molecule has 94 valence electrons. The molecule has 0 atom stereocenters. The fourth-order valence-electron chi connectivity index (χ4n) is 1.98. The molecule has 0 amide bonds. The summed E-state index contributed by atoms with van der Waals surface area (Å²) in [5.74, 6) is 0. The lowest BCUT2D eigenvalue weighted by Crippen LogP contribution is -2.03. The number of nitrogens with zero attached hydrogens (tertiary/aromatic N) is 1. The van der Waals surface area contributed by atoms with Crippen LogP contribution in [0.15, 0.2) is 34.9 Å². The molecule has 0 bridgehead atoms. The Balaban J connectivity index is 2.13. The molecular formula is C15H17BrN2. The first-order valence-corrected chi connectivity index (χ1v) is 6.77. The molecule has 0 saturated heterocycles. The Kier molecular flexibility index (Phi) is 4.02. The summed E-state index contributed by atoms with van der Waals surface area (Å²) in [7, 11) is 0. The van der Waals surface area contributed by atoms with E-state index in [0.29, 0.717) is 0 Å². The average molecular weight is 305 g/mol. The van der Waals surface area contributed by atoms with Crippen molar-refractivity contribution in [1.82, 2.24) is 4.98 Å². The van der Waals surface area contributed by atoms with Gasteiger partial charge in [0.2, 0.25) is 0 Å².